The molecule has 116 valence electrons. The van der Waals surface area contributed by atoms with Crippen molar-refractivity contribution in [1.29, 1.82) is 0 Å². The number of carbonyl (C=O) groups excluding carboxylic acids is 1. The molecule has 8 nitrogen and oxygen atoms in total. The molecule has 1 aromatic carbocycles. The van der Waals surface area contributed by atoms with E-state index in [2.05, 4.69) is 15.4 Å². The van der Waals surface area contributed by atoms with Crippen LogP contribution >= 0.6 is 0 Å². The third-order valence-corrected chi connectivity index (χ3v) is 3.01. The molecule has 0 unspecified atom stereocenters. The van der Waals surface area contributed by atoms with Crippen molar-refractivity contribution < 1.29 is 14.7 Å². The molecule has 0 saturated heterocycles. The summed E-state index contributed by atoms with van der Waals surface area (Å²) in [7, 11) is 0. The number of aliphatic carboxylic acids is 1. The van der Waals surface area contributed by atoms with E-state index in [9.17, 15) is 9.59 Å². The summed E-state index contributed by atoms with van der Waals surface area (Å²) >= 11 is 0. The Labute approximate surface area is 127 Å². The van der Waals surface area contributed by atoms with Crippen LogP contribution in [0.2, 0.25) is 0 Å². The topological polar surface area (TPSA) is 101 Å². The van der Waals surface area contributed by atoms with Gasteiger partial charge < -0.3 is 10.0 Å². The van der Waals surface area contributed by atoms with E-state index >= 15 is 0 Å². The Morgan fingerprint density at radius 1 is 1.27 bits per heavy atom. The molecule has 0 radical (unpaired) electrons. The van der Waals surface area contributed by atoms with Gasteiger partial charge in [0, 0.05) is 11.6 Å². The van der Waals surface area contributed by atoms with E-state index in [1.165, 1.54) is 9.70 Å². The number of benzene rings is 1. The molecule has 1 heterocycles. The standard InChI is InChI=1S/C14H17N5O3/c1-10(2)18(9-13(21)22)12(20)8-19-16-14(15-17-19)11-6-4-3-5-7-11/h3-7,10H,8-9H2,1-2H3,(H,21,22). The lowest BCUT2D eigenvalue weighted by Gasteiger charge is -2.24. The maximum Gasteiger partial charge on any atom is 0.323 e. The van der Waals surface area contributed by atoms with Crippen LogP contribution in [0.4, 0.5) is 0 Å². The second-order valence-corrected chi connectivity index (χ2v) is 5.02. The van der Waals surface area contributed by atoms with E-state index < -0.39 is 5.97 Å². The highest BCUT2D eigenvalue weighted by atomic mass is 16.4. The molecule has 1 aromatic heterocycles. The van der Waals surface area contributed by atoms with Gasteiger partial charge in [-0.05, 0) is 19.1 Å². The van der Waals surface area contributed by atoms with Crippen molar-refractivity contribution in [3.63, 3.8) is 0 Å². The van der Waals surface area contributed by atoms with Gasteiger partial charge in [0.1, 0.15) is 13.1 Å². The normalized spacial score (nSPS) is 10.7. The zero-order valence-electron chi connectivity index (χ0n) is 12.4. The van der Waals surface area contributed by atoms with Gasteiger partial charge in [-0.3, -0.25) is 9.59 Å². The van der Waals surface area contributed by atoms with E-state index in [0.717, 1.165) is 5.56 Å². The van der Waals surface area contributed by atoms with Gasteiger partial charge in [-0.15, -0.1) is 10.2 Å². The van der Waals surface area contributed by atoms with E-state index in [1.54, 1.807) is 13.8 Å². The van der Waals surface area contributed by atoms with Gasteiger partial charge in [-0.25, -0.2) is 0 Å². The van der Waals surface area contributed by atoms with Gasteiger partial charge in [-0.1, -0.05) is 30.3 Å². The Bertz CT molecular complexity index is 654. The monoisotopic (exact) mass is 303 g/mol. The van der Waals surface area contributed by atoms with Crippen molar-refractivity contribution in [1.82, 2.24) is 25.1 Å². The average Bonchev–Trinajstić information content (AvgIpc) is 2.93. The second-order valence-electron chi connectivity index (χ2n) is 5.02. The van der Waals surface area contributed by atoms with Gasteiger partial charge in [0.15, 0.2) is 0 Å². The van der Waals surface area contributed by atoms with Gasteiger partial charge in [-0.2, -0.15) is 4.80 Å². The molecule has 22 heavy (non-hydrogen) atoms. The largest absolute Gasteiger partial charge is 0.480 e. The number of carbonyl (C=O) groups is 2. The highest BCUT2D eigenvalue weighted by molar-refractivity contribution is 5.81. The molecule has 0 fully saturated rings. The molecule has 0 spiro atoms. The van der Waals surface area contributed by atoms with Gasteiger partial charge in [0.2, 0.25) is 11.7 Å². The number of rotatable bonds is 6. The molecule has 0 aliphatic rings. The fourth-order valence-electron chi connectivity index (χ4n) is 1.93. The smallest absolute Gasteiger partial charge is 0.323 e. The summed E-state index contributed by atoms with van der Waals surface area (Å²) in [5, 5.41) is 20.7. The lowest BCUT2D eigenvalue weighted by Crippen LogP contribution is -2.42. The van der Waals surface area contributed by atoms with Crippen molar-refractivity contribution in [3.05, 3.63) is 30.3 Å². The first-order valence-corrected chi connectivity index (χ1v) is 6.82. The number of aromatic nitrogens is 4. The summed E-state index contributed by atoms with van der Waals surface area (Å²) in [6.07, 6.45) is 0. The number of hydrogen-bond donors (Lipinski definition) is 1. The molecule has 2 rings (SSSR count). The van der Waals surface area contributed by atoms with E-state index in [1.807, 2.05) is 30.3 Å². The minimum atomic E-state index is -1.06. The maximum atomic E-state index is 12.2. The molecule has 0 atom stereocenters. The van der Waals surface area contributed by atoms with Crippen LogP contribution in [0.1, 0.15) is 13.8 Å². The molecule has 0 saturated carbocycles. The molecule has 0 aliphatic carbocycles. The molecule has 1 amide bonds. The Balaban J connectivity index is 2.09. The van der Waals surface area contributed by atoms with Crippen LogP contribution in [-0.2, 0) is 16.1 Å². The number of carboxylic acid groups (broad SMARTS) is 1. The molecular weight excluding hydrogens is 286 g/mol. The van der Waals surface area contributed by atoms with Gasteiger partial charge in [0.25, 0.3) is 0 Å². The number of nitrogens with zero attached hydrogens (tertiary/aromatic N) is 5. The highest BCUT2D eigenvalue weighted by Gasteiger charge is 2.21. The van der Waals surface area contributed by atoms with E-state index in [0.29, 0.717) is 5.82 Å². The number of amides is 1. The lowest BCUT2D eigenvalue weighted by atomic mass is 10.2. The summed E-state index contributed by atoms with van der Waals surface area (Å²) in [5.74, 6) is -1.00. The third-order valence-electron chi connectivity index (χ3n) is 3.01. The summed E-state index contributed by atoms with van der Waals surface area (Å²) < 4.78 is 0. The second kappa shape index (κ2) is 6.79. The fraction of sp³-hybridized carbons (Fsp3) is 0.357. The summed E-state index contributed by atoms with van der Waals surface area (Å²) in [6.45, 7) is 3.01. The van der Waals surface area contributed by atoms with Crippen LogP contribution in [0.5, 0.6) is 0 Å². The zero-order valence-corrected chi connectivity index (χ0v) is 12.4. The lowest BCUT2D eigenvalue weighted by molar-refractivity contribution is -0.146. The zero-order chi connectivity index (χ0) is 16.1. The predicted molar refractivity (Wildman–Crippen MR) is 77.7 cm³/mol. The number of carboxylic acids is 1. The van der Waals surface area contributed by atoms with E-state index in [-0.39, 0.29) is 25.0 Å². The summed E-state index contributed by atoms with van der Waals surface area (Å²) in [4.78, 5) is 25.4. The van der Waals surface area contributed by atoms with Crippen molar-refractivity contribution in [2.45, 2.75) is 26.4 Å². The van der Waals surface area contributed by atoms with Crippen molar-refractivity contribution >= 4 is 11.9 Å². The first kappa shape index (κ1) is 15.6. The van der Waals surface area contributed by atoms with Crippen LogP contribution in [0.3, 0.4) is 0 Å². The summed E-state index contributed by atoms with van der Waals surface area (Å²) in [5.41, 5.74) is 0.799. The Hall–Kier alpha value is -2.77. The molecular formula is C14H17N5O3. The third kappa shape index (κ3) is 3.87. The fourth-order valence-corrected chi connectivity index (χ4v) is 1.93. The molecule has 1 N–H and O–H groups in total. The van der Waals surface area contributed by atoms with Crippen LogP contribution in [0.15, 0.2) is 30.3 Å². The Morgan fingerprint density at radius 3 is 2.55 bits per heavy atom. The summed E-state index contributed by atoms with van der Waals surface area (Å²) in [6, 6.07) is 9.05. The molecule has 2 aromatic rings. The van der Waals surface area contributed by atoms with Crippen molar-refractivity contribution in [2.24, 2.45) is 0 Å². The van der Waals surface area contributed by atoms with Crippen molar-refractivity contribution in [3.8, 4) is 11.4 Å². The minimum absolute atomic E-state index is 0.148. The molecule has 0 aliphatic heterocycles. The maximum absolute atomic E-state index is 12.2. The Morgan fingerprint density at radius 2 is 1.95 bits per heavy atom. The molecule has 8 heteroatoms. The van der Waals surface area contributed by atoms with Gasteiger partial charge >= 0.3 is 5.97 Å². The molecule has 0 bridgehead atoms. The van der Waals surface area contributed by atoms with Crippen LogP contribution in [-0.4, -0.2) is 54.7 Å². The predicted octanol–water partition coefficient (Wildman–Crippen LogP) is 0.662. The highest BCUT2D eigenvalue weighted by Crippen LogP contribution is 2.11. The quantitative estimate of drug-likeness (QED) is 0.841. The number of hydrogen-bond acceptors (Lipinski definition) is 5. The Kier molecular flexibility index (Phi) is 4.82. The van der Waals surface area contributed by atoms with Crippen molar-refractivity contribution in [2.75, 3.05) is 6.54 Å². The minimum Gasteiger partial charge on any atom is -0.480 e. The average molecular weight is 303 g/mol. The first-order valence-electron chi connectivity index (χ1n) is 6.82. The van der Waals surface area contributed by atoms with Gasteiger partial charge in [0.05, 0.1) is 0 Å². The van der Waals surface area contributed by atoms with Crippen LogP contribution in [0.25, 0.3) is 11.4 Å². The number of tetrazole rings is 1. The van der Waals surface area contributed by atoms with Crippen LogP contribution in [0, 0.1) is 0 Å². The first-order chi connectivity index (χ1) is 10.5. The SMILES string of the molecule is CC(C)N(CC(=O)O)C(=O)Cn1nnc(-c2ccccc2)n1. The van der Waals surface area contributed by atoms with E-state index in [4.69, 9.17) is 5.11 Å². The van der Waals surface area contributed by atoms with Crippen LogP contribution < -0.4 is 0 Å².